The molecule has 3 N–H and O–H groups in total. The number of carboxylic acids is 1. The molecule has 0 radical (unpaired) electrons. The van der Waals surface area contributed by atoms with Gasteiger partial charge < -0.3 is 15.6 Å². The lowest BCUT2D eigenvalue weighted by molar-refractivity contribution is -0.152. The molecule has 0 rings (SSSR count). The first-order valence-electron chi connectivity index (χ1n) is 5.52. The second-order valence-electron chi connectivity index (χ2n) is 4.18. The SMILES string of the molecule is CCCOCCC(CN)(C(=O)O)C(C)C. The topological polar surface area (TPSA) is 72.5 Å². The van der Waals surface area contributed by atoms with Gasteiger partial charge in [-0.3, -0.25) is 4.79 Å². The fraction of sp³-hybridized carbons (Fsp3) is 0.909. The maximum absolute atomic E-state index is 11.2. The van der Waals surface area contributed by atoms with Crippen molar-refractivity contribution < 1.29 is 14.6 Å². The molecule has 0 aliphatic carbocycles. The number of carbonyl (C=O) groups is 1. The maximum Gasteiger partial charge on any atom is 0.311 e. The lowest BCUT2D eigenvalue weighted by Gasteiger charge is -2.31. The summed E-state index contributed by atoms with van der Waals surface area (Å²) >= 11 is 0. The summed E-state index contributed by atoms with van der Waals surface area (Å²) in [4.78, 5) is 11.2. The number of nitrogens with two attached hydrogens (primary N) is 1. The molecule has 0 aliphatic heterocycles. The molecule has 0 saturated carbocycles. The van der Waals surface area contributed by atoms with E-state index in [-0.39, 0.29) is 12.5 Å². The quantitative estimate of drug-likeness (QED) is 0.604. The van der Waals surface area contributed by atoms with E-state index in [9.17, 15) is 9.90 Å². The summed E-state index contributed by atoms with van der Waals surface area (Å²) < 4.78 is 5.32. The normalized spacial score (nSPS) is 15.3. The monoisotopic (exact) mass is 217 g/mol. The molecular weight excluding hydrogens is 194 g/mol. The molecule has 0 heterocycles. The van der Waals surface area contributed by atoms with E-state index in [0.717, 1.165) is 6.42 Å². The molecule has 0 spiro atoms. The van der Waals surface area contributed by atoms with Gasteiger partial charge in [0, 0.05) is 19.8 Å². The average Bonchev–Trinajstić information content (AvgIpc) is 2.17. The van der Waals surface area contributed by atoms with Gasteiger partial charge in [-0.15, -0.1) is 0 Å². The first-order chi connectivity index (χ1) is 7.01. The Morgan fingerprint density at radius 3 is 2.40 bits per heavy atom. The molecule has 90 valence electrons. The minimum Gasteiger partial charge on any atom is -0.481 e. The molecule has 0 fully saturated rings. The molecule has 15 heavy (non-hydrogen) atoms. The highest BCUT2D eigenvalue weighted by Crippen LogP contribution is 2.30. The molecule has 0 bridgehead atoms. The Morgan fingerprint density at radius 1 is 1.47 bits per heavy atom. The molecule has 4 heteroatoms. The van der Waals surface area contributed by atoms with E-state index in [1.54, 1.807) is 0 Å². The number of hydrogen-bond acceptors (Lipinski definition) is 3. The van der Waals surface area contributed by atoms with Gasteiger partial charge >= 0.3 is 5.97 Å². The van der Waals surface area contributed by atoms with Crippen molar-refractivity contribution in [1.82, 2.24) is 0 Å². The van der Waals surface area contributed by atoms with Crippen molar-refractivity contribution >= 4 is 5.97 Å². The van der Waals surface area contributed by atoms with Crippen LogP contribution in [0.25, 0.3) is 0 Å². The van der Waals surface area contributed by atoms with Crippen LogP contribution >= 0.6 is 0 Å². The predicted octanol–water partition coefficient (Wildman–Crippen LogP) is 1.49. The zero-order valence-electron chi connectivity index (χ0n) is 9.95. The van der Waals surface area contributed by atoms with Gasteiger partial charge in [0.05, 0.1) is 5.41 Å². The molecule has 0 aromatic heterocycles. The van der Waals surface area contributed by atoms with Crippen LogP contribution in [0, 0.1) is 11.3 Å². The summed E-state index contributed by atoms with van der Waals surface area (Å²) in [6, 6.07) is 0. The molecule has 0 saturated heterocycles. The van der Waals surface area contributed by atoms with Crippen LogP contribution in [-0.4, -0.2) is 30.8 Å². The first kappa shape index (κ1) is 14.4. The zero-order chi connectivity index (χ0) is 11.9. The van der Waals surface area contributed by atoms with Crippen LogP contribution < -0.4 is 5.73 Å². The van der Waals surface area contributed by atoms with Gasteiger partial charge in [0.15, 0.2) is 0 Å². The number of rotatable bonds is 8. The fourth-order valence-corrected chi connectivity index (χ4v) is 1.57. The van der Waals surface area contributed by atoms with Crippen LogP contribution in [0.15, 0.2) is 0 Å². The van der Waals surface area contributed by atoms with Crippen molar-refractivity contribution in [3.8, 4) is 0 Å². The third-order valence-electron chi connectivity index (χ3n) is 2.94. The second kappa shape index (κ2) is 6.80. The summed E-state index contributed by atoms with van der Waals surface area (Å²) in [5.41, 5.74) is 4.75. The third-order valence-corrected chi connectivity index (χ3v) is 2.94. The minimum atomic E-state index is -0.840. The van der Waals surface area contributed by atoms with Crippen molar-refractivity contribution in [3.63, 3.8) is 0 Å². The summed E-state index contributed by atoms with van der Waals surface area (Å²) in [7, 11) is 0. The zero-order valence-corrected chi connectivity index (χ0v) is 9.95. The molecular formula is C11H23NO3. The largest absolute Gasteiger partial charge is 0.481 e. The number of ether oxygens (including phenoxy) is 1. The van der Waals surface area contributed by atoms with E-state index in [2.05, 4.69) is 0 Å². The number of hydrogen-bond donors (Lipinski definition) is 2. The van der Waals surface area contributed by atoms with E-state index in [4.69, 9.17) is 10.5 Å². The van der Waals surface area contributed by atoms with Crippen LogP contribution in [0.4, 0.5) is 0 Å². The Labute approximate surface area is 91.8 Å². The lowest BCUT2D eigenvalue weighted by Crippen LogP contribution is -2.44. The van der Waals surface area contributed by atoms with Crippen LogP contribution in [-0.2, 0) is 9.53 Å². The van der Waals surface area contributed by atoms with Crippen molar-refractivity contribution in [2.45, 2.75) is 33.6 Å². The minimum absolute atomic E-state index is 0.0187. The summed E-state index contributed by atoms with van der Waals surface area (Å²) in [5, 5.41) is 9.22. The standard InChI is InChI=1S/C11H23NO3/c1-4-6-15-7-5-11(8-12,9(2)3)10(13)14/h9H,4-8,12H2,1-3H3,(H,13,14). The first-order valence-corrected chi connectivity index (χ1v) is 5.52. The lowest BCUT2D eigenvalue weighted by atomic mass is 9.75. The van der Waals surface area contributed by atoms with Crippen LogP contribution in [0.3, 0.4) is 0 Å². The van der Waals surface area contributed by atoms with Gasteiger partial charge in [-0.05, 0) is 18.8 Å². The number of carboxylic acid groups (broad SMARTS) is 1. The van der Waals surface area contributed by atoms with E-state index >= 15 is 0 Å². The molecule has 0 amide bonds. The van der Waals surface area contributed by atoms with Crippen molar-refractivity contribution in [3.05, 3.63) is 0 Å². The van der Waals surface area contributed by atoms with Gasteiger partial charge in [0.25, 0.3) is 0 Å². The fourth-order valence-electron chi connectivity index (χ4n) is 1.57. The molecule has 0 aromatic rings. The summed E-state index contributed by atoms with van der Waals surface area (Å²) in [6.07, 6.45) is 1.43. The third kappa shape index (κ3) is 3.80. The maximum atomic E-state index is 11.2. The van der Waals surface area contributed by atoms with Gasteiger partial charge in [-0.25, -0.2) is 0 Å². The van der Waals surface area contributed by atoms with E-state index in [1.807, 2.05) is 20.8 Å². The highest BCUT2D eigenvalue weighted by molar-refractivity contribution is 5.75. The Kier molecular flexibility index (Phi) is 6.52. The van der Waals surface area contributed by atoms with Gasteiger partial charge in [0.1, 0.15) is 0 Å². The Balaban J connectivity index is 4.30. The molecule has 0 aliphatic rings. The Hall–Kier alpha value is -0.610. The van der Waals surface area contributed by atoms with Gasteiger partial charge in [-0.2, -0.15) is 0 Å². The van der Waals surface area contributed by atoms with Crippen molar-refractivity contribution in [2.75, 3.05) is 19.8 Å². The van der Waals surface area contributed by atoms with Crippen molar-refractivity contribution in [1.29, 1.82) is 0 Å². The Bertz CT molecular complexity index is 194. The van der Waals surface area contributed by atoms with E-state index in [0.29, 0.717) is 19.6 Å². The summed E-state index contributed by atoms with van der Waals surface area (Å²) in [5.74, 6) is -0.801. The van der Waals surface area contributed by atoms with Crippen molar-refractivity contribution in [2.24, 2.45) is 17.1 Å². The van der Waals surface area contributed by atoms with Crippen LogP contribution in [0.1, 0.15) is 33.6 Å². The second-order valence-corrected chi connectivity index (χ2v) is 4.18. The molecule has 1 unspecified atom stereocenters. The summed E-state index contributed by atoms with van der Waals surface area (Å²) in [6.45, 7) is 7.11. The van der Waals surface area contributed by atoms with Gasteiger partial charge in [-0.1, -0.05) is 20.8 Å². The van der Waals surface area contributed by atoms with Crippen LogP contribution in [0.2, 0.25) is 0 Å². The highest BCUT2D eigenvalue weighted by Gasteiger charge is 2.39. The number of aliphatic carboxylic acids is 1. The Morgan fingerprint density at radius 2 is 2.07 bits per heavy atom. The predicted molar refractivity (Wildman–Crippen MR) is 59.7 cm³/mol. The molecule has 1 atom stereocenters. The van der Waals surface area contributed by atoms with Gasteiger partial charge in [0.2, 0.25) is 0 Å². The average molecular weight is 217 g/mol. The smallest absolute Gasteiger partial charge is 0.311 e. The highest BCUT2D eigenvalue weighted by atomic mass is 16.5. The van der Waals surface area contributed by atoms with E-state index in [1.165, 1.54) is 0 Å². The molecule has 4 nitrogen and oxygen atoms in total. The molecule has 0 aromatic carbocycles. The van der Waals surface area contributed by atoms with Crippen LogP contribution in [0.5, 0.6) is 0 Å². The van der Waals surface area contributed by atoms with E-state index < -0.39 is 11.4 Å².